The summed E-state index contributed by atoms with van der Waals surface area (Å²) in [6.45, 7) is 5.57. The molecule has 3 aliphatic rings. The summed E-state index contributed by atoms with van der Waals surface area (Å²) in [5.41, 5.74) is 1.27. The lowest BCUT2D eigenvalue weighted by Gasteiger charge is -2.41. The molecule has 3 aliphatic heterocycles. The summed E-state index contributed by atoms with van der Waals surface area (Å²) in [7, 11) is 1.86. The van der Waals surface area contributed by atoms with Crippen LogP contribution < -0.4 is 5.32 Å². The molecule has 30 heavy (non-hydrogen) atoms. The summed E-state index contributed by atoms with van der Waals surface area (Å²) in [5, 5.41) is 4.44. The Morgan fingerprint density at radius 2 is 2.00 bits per heavy atom. The number of nitrogens with zero attached hydrogens (tertiary/aromatic N) is 2. The molecule has 6 nitrogen and oxygen atoms in total. The number of hydrogen-bond acceptors (Lipinski definition) is 4. The van der Waals surface area contributed by atoms with Crippen molar-refractivity contribution in [2.24, 2.45) is 4.99 Å². The largest absolute Gasteiger partial charge is 0.381 e. The zero-order valence-corrected chi connectivity index (χ0v) is 20.7. The molecule has 4 rings (SSSR count). The molecule has 0 amide bonds. The zero-order valence-electron chi connectivity index (χ0n) is 17.6. The molecule has 3 fully saturated rings. The Kier molecular flexibility index (Phi) is 9.07. The third-order valence-electron chi connectivity index (χ3n) is 6.46. The molecule has 2 unspecified atom stereocenters. The van der Waals surface area contributed by atoms with Crippen molar-refractivity contribution < 1.29 is 14.2 Å². The Hall–Kier alpha value is -0.610. The Morgan fingerprint density at radius 3 is 2.70 bits per heavy atom. The minimum Gasteiger partial charge on any atom is -0.381 e. The van der Waals surface area contributed by atoms with Crippen LogP contribution in [0.5, 0.6) is 0 Å². The van der Waals surface area contributed by atoms with Gasteiger partial charge in [0.2, 0.25) is 0 Å². The molecular formula is C22H33ClIN3O3. The second-order valence-corrected chi connectivity index (χ2v) is 8.65. The van der Waals surface area contributed by atoms with Gasteiger partial charge in [-0.05, 0) is 43.4 Å². The second-order valence-electron chi connectivity index (χ2n) is 8.21. The topological polar surface area (TPSA) is 55.3 Å². The van der Waals surface area contributed by atoms with Gasteiger partial charge >= 0.3 is 0 Å². The quantitative estimate of drug-likeness (QED) is 0.354. The van der Waals surface area contributed by atoms with E-state index in [4.69, 9.17) is 25.8 Å². The van der Waals surface area contributed by atoms with Crippen LogP contribution in [0.3, 0.4) is 0 Å². The molecule has 3 saturated heterocycles. The van der Waals surface area contributed by atoms with Crippen LogP contribution in [0.2, 0.25) is 5.02 Å². The first-order valence-corrected chi connectivity index (χ1v) is 11.1. The minimum atomic E-state index is -0.000653. The van der Waals surface area contributed by atoms with Gasteiger partial charge in [-0.25, -0.2) is 0 Å². The van der Waals surface area contributed by atoms with Crippen LogP contribution in [0, 0.1) is 0 Å². The minimum absolute atomic E-state index is 0. The highest BCUT2D eigenvalue weighted by atomic mass is 127. The molecule has 0 saturated carbocycles. The van der Waals surface area contributed by atoms with Crippen LogP contribution in [0.1, 0.15) is 31.2 Å². The summed E-state index contributed by atoms with van der Waals surface area (Å²) < 4.78 is 17.5. The van der Waals surface area contributed by atoms with Crippen molar-refractivity contribution in [1.82, 2.24) is 10.2 Å². The summed E-state index contributed by atoms with van der Waals surface area (Å²) in [5.74, 6) is 0.934. The highest BCUT2D eigenvalue weighted by molar-refractivity contribution is 14.0. The first-order valence-electron chi connectivity index (χ1n) is 10.7. The molecule has 0 aliphatic carbocycles. The summed E-state index contributed by atoms with van der Waals surface area (Å²) in [6, 6.07) is 8.25. The Morgan fingerprint density at radius 1 is 1.20 bits per heavy atom. The van der Waals surface area contributed by atoms with Crippen molar-refractivity contribution in [3.63, 3.8) is 0 Å². The number of benzene rings is 1. The SMILES string of the molecule is CN=C(NCC1(c2cccc(Cl)c2)CCOCC1)N1CCOC(C2CCCO2)C1.I. The fraction of sp³-hybridized carbons (Fsp3) is 0.682. The fourth-order valence-corrected chi connectivity index (χ4v) is 4.91. The van der Waals surface area contributed by atoms with Gasteiger partial charge in [-0.3, -0.25) is 4.99 Å². The fourth-order valence-electron chi connectivity index (χ4n) is 4.72. The summed E-state index contributed by atoms with van der Waals surface area (Å²) in [6.07, 6.45) is 4.49. The second kappa shape index (κ2) is 11.3. The first-order chi connectivity index (χ1) is 14.2. The molecule has 1 aromatic carbocycles. The highest BCUT2D eigenvalue weighted by Gasteiger charge is 2.36. The average molecular weight is 550 g/mol. The van der Waals surface area contributed by atoms with Crippen LogP contribution in [0.15, 0.2) is 29.3 Å². The van der Waals surface area contributed by atoms with E-state index in [2.05, 4.69) is 27.3 Å². The van der Waals surface area contributed by atoms with Crippen molar-refractivity contribution in [3.05, 3.63) is 34.9 Å². The predicted molar refractivity (Wildman–Crippen MR) is 130 cm³/mol. The lowest BCUT2D eigenvalue weighted by Crippen LogP contribution is -2.55. The van der Waals surface area contributed by atoms with E-state index in [0.717, 1.165) is 76.1 Å². The standard InChI is InChI=1S/C22H32ClN3O3.HI/c1-24-21(26-9-13-29-20(15-26)19-6-3-10-28-19)25-16-22(7-11-27-12-8-22)17-4-2-5-18(23)14-17;/h2,4-5,14,19-20H,3,6-13,15-16H2,1H3,(H,24,25);1H. The Bertz CT molecular complexity index is 709. The van der Waals surface area contributed by atoms with E-state index in [1.54, 1.807) is 0 Å². The van der Waals surface area contributed by atoms with Gasteiger partial charge in [0.15, 0.2) is 5.96 Å². The molecule has 2 atom stereocenters. The molecule has 0 radical (unpaired) electrons. The van der Waals surface area contributed by atoms with Gasteiger partial charge in [0, 0.05) is 56.9 Å². The van der Waals surface area contributed by atoms with Crippen LogP contribution >= 0.6 is 35.6 Å². The van der Waals surface area contributed by atoms with E-state index in [-0.39, 0.29) is 41.6 Å². The Balaban J connectivity index is 0.00000256. The molecule has 3 heterocycles. The maximum absolute atomic E-state index is 6.31. The lowest BCUT2D eigenvalue weighted by molar-refractivity contribution is -0.0817. The van der Waals surface area contributed by atoms with E-state index in [9.17, 15) is 0 Å². The molecule has 1 aromatic rings. The number of hydrogen-bond donors (Lipinski definition) is 1. The van der Waals surface area contributed by atoms with E-state index in [1.807, 2.05) is 19.2 Å². The Labute approximate surface area is 201 Å². The van der Waals surface area contributed by atoms with Gasteiger partial charge in [-0.1, -0.05) is 23.7 Å². The molecule has 0 aromatic heterocycles. The number of halogens is 2. The van der Waals surface area contributed by atoms with Crippen molar-refractivity contribution in [2.75, 3.05) is 53.1 Å². The van der Waals surface area contributed by atoms with Crippen LogP contribution in [-0.4, -0.2) is 76.2 Å². The average Bonchev–Trinajstić information content (AvgIpc) is 3.30. The predicted octanol–water partition coefficient (Wildman–Crippen LogP) is 3.46. The van der Waals surface area contributed by atoms with Gasteiger partial charge in [0.05, 0.1) is 12.7 Å². The third-order valence-corrected chi connectivity index (χ3v) is 6.69. The van der Waals surface area contributed by atoms with Crippen molar-refractivity contribution in [1.29, 1.82) is 0 Å². The molecule has 0 spiro atoms. The lowest BCUT2D eigenvalue weighted by atomic mass is 9.74. The first kappa shape index (κ1) is 24.0. The number of aliphatic imine (C=N–C) groups is 1. The maximum atomic E-state index is 6.31. The number of nitrogens with one attached hydrogen (secondary N) is 1. The van der Waals surface area contributed by atoms with Crippen LogP contribution in [0.25, 0.3) is 0 Å². The van der Waals surface area contributed by atoms with Crippen molar-refractivity contribution in [3.8, 4) is 0 Å². The number of rotatable bonds is 4. The van der Waals surface area contributed by atoms with Crippen molar-refractivity contribution in [2.45, 2.75) is 43.3 Å². The normalized spacial score (nSPS) is 26.9. The number of morpholine rings is 1. The van der Waals surface area contributed by atoms with Gasteiger partial charge in [0.1, 0.15) is 6.10 Å². The molecule has 168 valence electrons. The monoisotopic (exact) mass is 549 g/mol. The highest BCUT2D eigenvalue weighted by Crippen LogP contribution is 2.35. The van der Waals surface area contributed by atoms with Gasteiger partial charge in [-0.15, -0.1) is 24.0 Å². The zero-order chi connectivity index (χ0) is 20.1. The van der Waals surface area contributed by atoms with Crippen molar-refractivity contribution >= 4 is 41.5 Å². The van der Waals surface area contributed by atoms with E-state index in [1.165, 1.54) is 5.56 Å². The molecule has 8 heteroatoms. The summed E-state index contributed by atoms with van der Waals surface area (Å²) in [4.78, 5) is 6.88. The third kappa shape index (κ3) is 5.59. The van der Waals surface area contributed by atoms with Crippen LogP contribution in [-0.2, 0) is 19.6 Å². The van der Waals surface area contributed by atoms with Gasteiger partial charge in [-0.2, -0.15) is 0 Å². The van der Waals surface area contributed by atoms with E-state index in [0.29, 0.717) is 6.61 Å². The van der Waals surface area contributed by atoms with E-state index >= 15 is 0 Å². The van der Waals surface area contributed by atoms with Gasteiger partial charge in [0.25, 0.3) is 0 Å². The van der Waals surface area contributed by atoms with E-state index < -0.39 is 0 Å². The molecule has 1 N–H and O–H groups in total. The number of guanidine groups is 1. The van der Waals surface area contributed by atoms with Crippen LogP contribution in [0.4, 0.5) is 0 Å². The maximum Gasteiger partial charge on any atom is 0.193 e. The molecule has 0 bridgehead atoms. The number of ether oxygens (including phenoxy) is 3. The summed E-state index contributed by atoms with van der Waals surface area (Å²) >= 11 is 6.31. The molecular weight excluding hydrogens is 517 g/mol. The smallest absolute Gasteiger partial charge is 0.193 e. The van der Waals surface area contributed by atoms with Gasteiger partial charge < -0.3 is 24.4 Å².